The summed E-state index contributed by atoms with van der Waals surface area (Å²) in [5.74, 6) is 0. The highest BCUT2D eigenvalue weighted by Gasteiger charge is 2.21. The summed E-state index contributed by atoms with van der Waals surface area (Å²) < 4.78 is 15.8. The Hall–Kier alpha value is -0.163. The molecular weight excluding hydrogens is 196 g/mol. The first-order valence-electron chi connectivity index (χ1n) is 5.26. The Morgan fingerprint density at radius 2 is 2.43 bits per heavy atom. The second kappa shape index (κ2) is 7.17. The molecule has 0 bridgehead atoms. The van der Waals surface area contributed by atoms with E-state index in [9.17, 15) is 0 Å². The monoisotopic (exact) mass is 216 g/mol. The van der Waals surface area contributed by atoms with Gasteiger partial charge in [0.05, 0.1) is 13.2 Å². The first-order valence-corrected chi connectivity index (χ1v) is 6.55. The highest BCUT2D eigenvalue weighted by Crippen LogP contribution is 2.09. The molecule has 0 radical (unpaired) electrons. The number of hydrogen-bond acceptors (Lipinski definition) is 3. The lowest BCUT2D eigenvalue weighted by molar-refractivity contribution is 0.115. The van der Waals surface area contributed by atoms with Gasteiger partial charge >= 0.3 is 0 Å². The van der Waals surface area contributed by atoms with Crippen molar-refractivity contribution in [1.82, 2.24) is 0 Å². The normalized spacial score (nSPS) is 20.5. The van der Waals surface area contributed by atoms with Gasteiger partial charge in [0.25, 0.3) is 0 Å². The lowest BCUT2D eigenvalue weighted by Crippen LogP contribution is -2.05. The highest BCUT2D eigenvalue weighted by atomic mass is 28.2. The first-order chi connectivity index (χ1) is 6.83. The Balaban J connectivity index is 1.79. The van der Waals surface area contributed by atoms with E-state index < -0.39 is 9.76 Å². The van der Waals surface area contributed by atoms with Crippen LogP contribution >= 0.6 is 0 Å². The Kier molecular flexibility index (Phi) is 6.10. The second-order valence-electron chi connectivity index (χ2n) is 3.52. The van der Waals surface area contributed by atoms with Crippen LogP contribution in [-0.2, 0) is 13.9 Å². The number of ether oxygens (including phenoxy) is 2. The van der Waals surface area contributed by atoms with Crippen molar-refractivity contribution in [1.29, 1.82) is 0 Å². The Bertz CT molecular complexity index is 169. The smallest absolute Gasteiger partial charge is 0.187 e. The molecule has 1 aliphatic heterocycles. The third-order valence-electron chi connectivity index (χ3n) is 2.04. The molecule has 82 valence electrons. The maximum Gasteiger partial charge on any atom is 0.187 e. The van der Waals surface area contributed by atoms with Crippen molar-refractivity contribution in [2.45, 2.75) is 25.9 Å². The van der Waals surface area contributed by atoms with Crippen LogP contribution < -0.4 is 0 Å². The Morgan fingerprint density at radius 3 is 3.07 bits per heavy atom. The zero-order valence-electron chi connectivity index (χ0n) is 8.96. The molecule has 0 spiro atoms. The predicted molar refractivity (Wildman–Crippen MR) is 59.1 cm³/mol. The lowest BCUT2D eigenvalue weighted by Gasteiger charge is -2.05. The summed E-state index contributed by atoms with van der Waals surface area (Å²) in [5, 5.41) is 1.29. The van der Waals surface area contributed by atoms with Crippen molar-refractivity contribution < 1.29 is 13.9 Å². The summed E-state index contributed by atoms with van der Waals surface area (Å²) in [7, 11) is -0.477. The summed E-state index contributed by atoms with van der Waals surface area (Å²) in [6.45, 7) is 9.30. The molecule has 1 atom stereocenters. The fourth-order valence-electron chi connectivity index (χ4n) is 1.12. The average Bonchev–Trinajstić information content (AvgIpc) is 2.98. The van der Waals surface area contributed by atoms with Gasteiger partial charge in [-0.1, -0.05) is 5.20 Å². The molecule has 1 aliphatic rings. The summed E-state index contributed by atoms with van der Waals surface area (Å²) in [6, 6.07) is 0. The molecule has 1 heterocycles. The first kappa shape index (κ1) is 11.9. The lowest BCUT2D eigenvalue weighted by atomic mass is 10.3. The minimum atomic E-state index is -0.477. The molecule has 0 aliphatic carbocycles. The van der Waals surface area contributed by atoms with E-state index in [1.165, 1.54) is 5.20 Å². The Morgan fingerprint density at radius 1 is 1.64 bits per heavy atom. The van der Waals surface area contributed by atoms with E-state index in [2.05, 4.69) is 6.58 Å². The molecule has 0 saturated carbocycles. The van der Waals surface area contributed by atoms with Crippen molar-refractivity contribution in [3.05, 3.63) is 11.8 Å². The molecule has 0 aromatic heterocycles. The zero-order valence-corrected chi connectivity index (χ0v) is 10.4. The molecule has 0 aromatic rings. The molecule has 1 saturated heterocycles. The minimum absolute atomic E-state index is 0.385. The topological polar surface area (TPSA) is 31.0 Å². The standard InChI is InChI=1S/C10H20O3Si/c1-3-13-14-9(2)5-4-6-11-7-10-8-12-10/h10H,2-8,14H2,1H3. The van der Waals surface area contributed by atoms with E-state index in [0.717, 1.165) is 39.3 Å². The zero-order chi connectivity index (χ0) is 10.2. The number of epoxide rings is 1. The van der Waals surface area contributed by atoms with Crippen LogP contribution in [0.3, 0.4) is 0 Å². The van der Waals surface area contributed by atoms with E-state index in [4.69, 9.17) is 13.9 Å². The fourth-order valence-corrected chi connectivity index (χ4v) is 2.01. The molecule has 0 N–H and O–H groups in total. The van der Waals surface area contributed by atoms with Gasteiger partial charge in [-0.05, 0) is 19.8 Å². The van der Waals surface area contributed by atoms with Crippen LogP contribution in [0.1, 0.15) is 19.8 Å². The molecular formula is C10H20O3Si. The van der Waals surface area contributed by atoms with Crippen LogP contribution in [0, 0.1) is 0 Å². The van der Waals surface area contributed by atoms with Gasteiger partial charge < -0.3 is 13.9 Å². The van der Waals surface area contributed by atoms with Gasteiger partial charge in [-0.25, -0.2) is 0 Å². The van der Waals surface area contributed by atoms with Gasteiger partial charge in [-0.2, -0.15) is 0 Å². The molecule has 4 heteroatoms. The van der Waals surface area contributed by atoms with Crippen molar-refractivity contribution in [2.24, 2.45) is 0 Å². The van der Waals surface area contributed by atoms with Crippen LogP contribution in [0.25, 0.3) is 0 Å². The van der Waals surface area contributed by atoms with Crippen LogP contribution in [0.15, 0.2) is 11.8 Å². The molecule has 1 rings (SSSR count). The van der Waals surface area contributed by atoms with Crippen LogP contribution in [-0.4, -0.2) is 42.3 Å². The molecule has 3 nitrogen and oxygen atoms in total. The maximum atomic E-state index is 5.42. The number of rotatable bonds is 9. The van der Waals surface area contributed by atoms with Crippen molar-refractivity contribution >= 4 is 9.76 Å². The molecule has 14 heavy (non-hydrogen) atoms. The summed E-state index contributed by atoms with van der Waals surface area (Å²) in [5.41, 5.74) is 0. The van der Waals surface area contributed by atoms with Gasteiger partial charge in [0, 0.05) is 13.2 Å². The van der Waals surface area contributed by atoms with E-state index in [1.807, 2.05) is 6.92 Å². The van der Waals surface area contributed by atoms with Crippen molar-refractivity contribution in [3.8, 4) is 0 Å². The SMILES string of the molecule is C=C(CCCOCC1CO1)[SiH2]OCC. The van der Waals surface area contributed by atoms with Gasteiger partial charge in [-0.15, -0.1) is 6.58 Å². The van der Waals surface area contributed by atoms with Crippen molar-refractivity contribution in [3.63, 3.8) is 0 Å². The van der Waals surface area contributed by atoms with E-state index in [-0.39, 0.29) is 0 Å². The minimum Gasteiger partial charge on any atom is -0.419 e. The van der Waals surface area contributed by atoms with Gasteiger partial charge in [0.15, 0.2) is 9.76 Å². The van der Waals surface area contributed by atoms with Gasteiger partial charge in [0.2, 0.25) is 0 Å². The summed E-state index contributed by atoms with van der Waals surface area (Å²) >= 11 is 0. The third kappa shape index (κ3) is 6.31. The molecule has 0 amide bonds. The highest BCUT2D eigenvalue weighted by molar-refractivity contribution is 6.37. The van der Waals surface area contributed by atoms with Crippen LogP contribution in [0.2, 0.25) is 0 Å². The Labute approximate surface area is 88.4 Å². The fraction of sp³-hybridized carbons (Fsp3) is 0.800. The number of hydrogen-bond donors (Lipinski definition) is 0. The summed E-state index contributed by atoms with van der Waals surface area (Å²) in [6.07, 6.45) is 2.50. The quantitative estimate of drug-likeness (QED) is 0.325. The van der Waals surface area contributed by atoms with E-state index in [1.54, 1.807) is 0 Å². The molecule has 1 fully saturated rings. The largest absolute Gasteiger partial charge is 0.419 e. The number of allylic oxidation sites excluding steroid dienone is 1. The maximum absolute atomic E-state index is 5.42. The molecule has 1 unspecified atom stereocenters. The summed E-state index contributed by atoms with van der Waals surface area (Å²) in [4.78, 5) is 0. The van der Waals surface area contributed by atoms with Gasteiger partial charge in [-0.3, -0.25) is 0 Å². The van der Waals surface area contributed by atoms with Crippen molar-refractivity contribution in [2.75, 3.05) is 26.4 Å². The van der Waals surface area contributed by atoms with Crippen LogP contribution in [0.4, 0.5) is 0 Å². The van der Waals surface area contributed by atoms with Crippen LogP contribution in [0.5, 0.6) is 0 Å². The van der Waals surface area contributed by atoms with E-state index in [0.29, 0.717) is 6.10 Å². The van der Waals surface area contributed by atoms with Gasteiger partial charge in [0.1, 0.15) is 6.10 Å². The van der Waals surface area contributed by atoms with E-state index >= 15 is 0 Å². The molecule has 0 aromatic carbocycles. The average molecular weight is 216 g/mol. The predicted octanol–water partition coefficient (Wildman–Crippen LogP) is 0.816. The second-order valence-corrected chi connectivity index (χ2v) is 5.22. The third-order valence-corrected chi connectivity index (χ3v) is 3.41.